The first-order valence-electron chi connectivity index (χ1n) is 12.2. The van der Waals surface area contributed by atoms with Gasteiger partial charge in [0, 0.05) is 19.6 Å². The van der Waals surface area contributed by atoms with Gasteiger partial charge in [0.25, 0.3) is 0 Å². The third kappa shape index (κ3) is 9.03. The molecule has 0 spiro atoms. The molecule has 33 heavy (non-hydrogen) atoms. The minimum absolute atomic E-state index is 0.0509. The van der Waals surface area contributed by atoms with Gasteiger partial charge in [-0.1, -0.05) is 72.8 Å². The van der Waals surface area contributed by atoms with Crippen LogP contribution < -0.4 is 0 Å². The maximum atomic E-state index is 10.5. The van der Waals surface area contributed by atoms with Crippen LogP contribution in [0, 0.1) is 0 Å². The van der Waals surface area contributed by atoms with Crippen LogP contribution in [0.25, 0.3) is 0 Å². The topological polar surface area (TPSA) is 38.7 Å². The van der Waals surface area contributed by atoms with Crippen molar-refractivity contribution in [2.24, 2.45) is 0 Å². The van der Waals surface area contributed by atoms with Crippen molar-refractivity contribution < 1.29 is 14.6 Å². The van der Waals surface area contributed by atoms with Gasteiger partial charge in [-0.15, -0.1) is 0 Å². The molecular weight excluding hydrogens is 408 g/mol. The van der Waals surface area contributed by atoms with E-state index in [0.717, 1.165) is 56.4 Å². The Balaban J connectivity index is 1.42. The molecule has 0 aliphatic carbocycles. The summed E-state index contributed by atoms with van der Waals surface area (Å²) in [5.74, 6) is 0.350. The summed E-state index contributed by atoms with van der Waals surface area (Å²) in [6, 6.07) is 26.8. The SMILES string of the molecule is CC(Cc1cccc(O)c1CC(C)OCCCc1ccccc1)OCCCc1ccccc1. The zero-order valence-electron chi connectivity index (χ0n) is 20.1. The molecule has 0 aliphatic heterocycles. The third-order valence-electron chi connectivity index (χ3n) is 5.96. The van der Waals surface area contributed by atoms with Gasteiger partial charge >= 0.3 is 0 Å². The first-order valence-corrected chi connectivity index (χ1v) is 12.2. The maximum Gasteiger partial charge on any atom is 0.119 e. The fourth-order valence-corrected chi connectivity index (χ4v) is 4.17. The van der Waals surface area contributed by atoms with Crippen LogP contribution in [-0.2, 0) is 35.2 Å². The lowest BCUT2D eigenvalue weighted by atomic mass is 9.97. The lowest BCUT2D eigenvalue weighted by Gasteiger charge is -2.19. The molecule has 3 heteroatoms. The number of aryl methyl sites for hydroxylation is 2. The molecule has 3 aromatic carbocycles. The van der Waals surface area contributed by atoms with Crippen LogP contribution >= 0.6 is 0 Å². The van der Waals surface area contributed by atoms with E-state index in [1.54, 1.807) is 6.07 Å². The van der Waals surface area contributed by atoms with Crippen molar-refractivity contribution in [1.82, 2.24) is 0 Å². The summed E-state index contributed by atoms with van der Waals surface area (Å²) in [5, 5.41) is 10.5. The van der Waals surface area contributed by atoms with Crippen molar-refractivity contribution in [2.45, 2.75) is 64.6 Å². The number of rotatable bonds is 14. The van der Waals surface area contributed by atoms with Crippen LogP contribution in [0.3, 0.4) is 0 Å². The van der Waals surface area contributed by atoms with Gasteiger partial charge in [0.1, 0.15) is 5.75 Å². The number of phenols is 1. The largest absolute Gasteiger partial charge is 0.508 e. The van der Waals surface area contributed by atoms with Crippen LogP contribution in [0.4, 0.5) is 0 Å². The molecule has 2 unspecified atom stereocenters. The summed E-state index contributed by atoms with van der Waals surface area (Å²) in [4.78, 5) is 0. The maximum absolute atomic E-state index is 10.5. The van der Waals surface area contributed by atoms with Gasteiger partial charge in [0.05, 0.1) is 12.2 Å². The molecule has 3 rings (SSSR count). The first-order chi connectivity index (χ1) is 16.1. The number of hydrogen-bond acceptors (Lipinski definition) is 3. The highest BCUT2D eigenvalue weighted by molar-refractivity contribution is 5.40. The number of phenolic OH excluding ortho intramolecular Hbond substituents is 1. The Kier molecular flexibility index (Phi) is 10.5. The second-order valence-electron chi connectivity index (χ2n) is 8.86. The molecule has 176 valence electrons. The monoisotopic (exact) mass is 446 g/mol. The average molecular weight is 447 g/mol. The van der Waals surface area contributed by atoms with Gasteiger partial charge in [-0.25, -0.2) is 0 Å². The predicted octanol–water partition coefficient (Wildman–Crippen LogP) is 6.55. The molecule has 2 atom stereocenters. The summed E-state index contributed by atoms with van der Waals surface area (Å²) in [5.41, 5.74) is 4.81. The number of aromatic hydroxyl groups is 1. The van der Waals surface area contributed by atoms with E-state index in [2.05, 4.69) is 68.4 Å². The van der Waals surface area contributed by atoms with Gasteiger partial charge in [-0.05, 0) is 74.3 Å². The minimum atomic E-state index is 0.0509. The van der Waals surface area contributed by atoms with E-state index in [-0.39, 0.29) is 12.2 Å². The first kappa shape index (κ1) is 25.0. The summed E-state index contributed by atoms with van der Waals surface area (Å²) < 4.78 is 12.1. The molecular formula is C30H38O3. The highest BCUT2D eigenvalue weighted by Gasteiger charge is 2.15. The van der Waals surface area contributed by atoms with Gasteiger partial charge < -0.3 is 14.6 Å². The van der Waals surface area contributed by atoms with E-state index in [4.69, 9.17) is 9.47 Å². The van der Waals surface area contributed by atoms with E-state index in [9.17, 15) is 5.11 Å². The molecule has 0 aromatic heterocycles. The number of ether oxygens (including phenoxy) is 2. The molecule has 3 nitrogen and oxygen atoms in total. The summed E-state index contributed by atoms with van der Waals surface area (Å²) in [7, 11) is 0. The van der Waals surface area contributed by atoms with Gasteiger partial charge in [-0.2, -0.15) is 0 Å². The molecule has 1 N–H and O–H groups in total. The second kappa shape index (κ2) is 13.8. The fraction of sp³-hybridized carbons (Fsp3) is 0.400. The predicted molar refractivity (Wildman–Crippen MR) is 136 cm³/mol. The zero-order chi connectivity index (χ0) is 23.3. The lowest BCUT2D eigenvalue weighted by molar-refractivity contribution is 0.0607. The van der Waals surface area contributed by atoms with Crippen LogP contribution in [0.2, 0.25) is 0 Å². The Morgan fingerprint density at radius 2 is 1.15 bits per heavy atom. The molecule has 0 aliphatic rings. The van der Waals surface area contributed by atoms with Gasteiger partial charge in [-0.3, -0.25) is 0 Å². The molecule has 3 aromatic rings. The Morgan fingerprint density at radius 1 is 0.636 bits per heavy atom. The van der Waals surface area contributed by atoms with Gasteiger partial charge in [0.15, 0.2) is 0 Å². The average Bonchev–Trinajstić information content (AvgIpc) is 2.83. The van der Waals surface area contributed by atoms with Crippen molar-refractivity contribution >= 4 is 0 Å². The van der Waals surface area contributed by atoms with Crippen molar-refractivity contribution in [3.63, 3.8) is 0 Å². The third-order valence-corrected chi connectivity index (χ3v) is 5.96. The molecule has 0 saturated carbocycles. The van der Waals surface area contributed by atoms with Crippen molar-refractivity contribution in [1.29, 1.82) is 0 Å². The van der Waals surface area contributed by atoms with Crippen molar-refractivity contribution in [3.05, 3.63) is 101 Å². The zero-order valence-corrected chi connectivity index (χ0v) is 20.1. The highest BCUT2D eigenvalue weighted by atomic mass is 16.5. The molecule has 0 bridgehead atoms. The van der Waals surface area contributed by atoms with E-state index in [1.165, 1.54) is 11.1 Å². The Labute approximate surface area is 199 Å². The summed E-state index contributed by atoms with van der Waals surface area (Å²) >= 11 is 0. The van der Waals surface area contributed by atoms with E-state index >= 15 is 0 Å². The highest BCUT2D eigenvalue weighted by Crippen LogP contribution is 2.25. The van der Waals surface area contributed by atoms with Crippen molar-refractivity contribution in [2.75, 3.05) is 13.2 Å². The lowest BCUT2D eigenvalue weighted by Crippen LogP contribution is -2.17. The minimum Gasteiger partial charge on any atom is -0.508 e. The van der Waals surface area contributed by atoms with Crippen LogP contribution in [-0.4, -0.2) is 30.5 Å². The normalized spacial score (nSPS) is 13.0. The van der Waals surface area contributed by atoms with Crippen LogP contribution in [0.15, 0.2) is 78.9 Å². The summed E-state index contributed by atoms with van der Waals surface area (Å²) in [6.07, 6.45) is 5.70. The summed E-state index contributed by atoms with van der Waals surface area (Å²) in [6.45, 7) is 5.66. The molecule has 0 radical (unpaired) electrons. The quantitative estimate of drug-likeness (QED) is 0.285. The smallest absolute Gasteiger partial charge is 0.119 e. The Hall–Kier alpha value is -2.62. The van der Waals surface area contributed by atoms with Crippen molar-refractivity contribution in [3.8, 4) is 5.75 Å². The van der Waals surface area contributed by atoms with E-state index < -0.39 is 0 Å². The second-order valence-corrected chi connectivity index (χ2v) is 8.86. The Bertz CT molecular complexity index is 924. The molecule has 0 amide bonds. The van der Waals surface area contributed by atoms with Crippen LogP contribution in [0.1, 0.15) is 48.9 Å². The number of benzene rings is 3. The molecule has 0 heterocycles. The standard InChI is InChI=1S/C30H38O3/c1-24(32-20-10-16-26-12-5-3-6-13-26)22-28-18-9-19-30(31)29(28)23-25(2)33-21-11-17-27-14-7-4-8-15-27/h3-9,12-15,18-19,24-25,31H,10-11,16-17,20-23H2,1-2H3. The fourth-order valence-electron chi connectivity index (χ4n) is 4.17. The molecule has 0 fully saturated rings. The van der Waals surface area contributed by atoms with E-state index in [0.29, 0.717) is 12.2 Å². The van der Waals surface area contributed by atoms with Crippen LogP contribution in [0.5, 0.6) is 5.75 Å². The number of hydrogen-bond donors (Lipinski definition) is 1. The van der Waals surface area contributed by atoms with E-state index in [1.807, 2.05) is 18.2 Å². The molecule has 0 saturated heterocycles. The Morgan fingerprint density at radius 3 is 1.70 bits per heavy atom. The van der Waals surface area contributed by atoms with Gasteiger partial charge in [0.2, 0.25) is 0 Å².